The van der Waals surface area contributed by atoms with Gasteiger partial charge in [0.15, 0.2) is 0 Å². The van der Waals surface area contributed by atoms with Gasteiger partial charge in [0.1, 0.15) is 18.5 Å². The highest BCUT2D eigenvalue weighted by molar-refractivity contribution is 7.92. The first-order chi connectivity index (χ1) is 14.0. The predicted octanol–water partition coefficient (Wildman–Crippen LogP) is 4.44. The zero-order valence-electron chi connectivity index (χ0n) is 16.2. The molecule has 1 fully saturated rings. The molecule has 0 saturated carbocycles. The summed E-state index contributed by atoms with van der Waals surface area (Å²) in [6.07, 6.45) is 0.147. The van der Waals surface area contributed by atoms with Gasteiger partial charge in [-0.25, -0.2) is 12.7 Å². The largest absolute Gasteiger partial charge is 0.491 e. The summed E-state index contributed by atoms with van der Waals surface area (Å²) in [5, 5.41) is 0. The molecule has 150 valence electrons. The van der Waals surface area contributed by atoms with Crippen molar-refractivity contribution in [3.63, 3.8) is 0 Å². The van der Waals surface area contributed by atoms with Crippen LogP contribution in [0.15, 0.2) is 78.9 Å². The van der Waals surface area contributed by atoms with E-state index in [-0.39, 0.29) is 11.9 Å². The lowest BCUT2D eigenvalue weighted by molar-refractivity contribution is 0.261. The quantitative estimate of drug-likeness (QED) is 0.516. The van der Waals surface area contributed by atoms with Gasteiger partial charge >= 0.3 is 0 Å². The Morgan fingerprint density at radius 1 is 0.966 bits per heavy atom. The summed E-state index contributed by atoms with van der Waals surface area (Å²) < 4.78 is 39.3. The van der Waals surface area contributed by atoms with Gasteiger partial charge in [-0.15, -0.1) is 0 Å². The highest BCUT2D eigenvalue weighted by Crippen LogP contribution is 2.31. The maximum absolute atomic E-state index is 13.4. The van der Waals surface area contributed by atoms with Crippen LogP contribution in [0.25, 0.3) is 0 Å². The van der Waals surface area contributed by atoms with Crippen molar-refractivity contribution >= 4 is 21.4 Å². The van der Waals surface area contributed by atoms with Crippen LogP contribution in [0, 0.1) is 6.92 Å². The molecule has 0 bridgehead atoms. The lowest BCUT2D eigenvalue weighted by Crippen LogP contribution is -2.27. The molecule has 0 aliphatic carbocycles. The second-order valence-corrected chi connectivity index (χ2v) is 8.88. The molecule has 4 rings (SSSR count). The third-order valence-electron chi connectivity index (χ3n) is 4.69. The molecule has 5 nitrogen and oxygen atoms in total. The SMILES string of the molecule is Cc1ccc(CS(=O)(=O)N(c2ccccc2)c2ccccc2)cc1OCC1CO1. The number of para-hydroxylation sites is 2. The topological polar surface area (TPSA) is 59.1 Å². The first kappa shape index (κ1) is 19.5. The van der Waals surface area contributed by atoms with Crippen LogP contribution in [-0.4, -0.2) is 27.7 Å². The van der Waals surface area contributed by atoms with Gasteiger partial charge in [0.05, 0.1) is 23.7 Å². The zero-order valence-corrected chi connectivity index (χ0v) is 17.0. The van der Waals surface area contributed by atoms with Gasteiger partial charge < -0.3 is 9.47 Å². The summed E-state index contributed by atoms with van der Waals surface area (Å²) in [5.74, 6) is 0.562. The van der Waals surface area contributed by atoms with E-state index in [9.17, 15) is 8.42 Å². The molecule has 0 N–H and O–H groups in total. The number of anilines is 2. The van der Waals surface area contributed by atoms with Gasteiger partial charge in [-0.05, 0) is 48.4 Å². The fourth-order valence-corrected chi connectivity index (χ4v) is 4.72. The van der Waals surface area contributed by atoms with Crippen LogP contribution in [0.5, 0.6) is 5.75 Å². The fraction of sp³-hybridized carbons (Fsp3) is 0.217. The van der Waals surface area contributed by atoms with Gasteiger partial charge in [0, 0.05) is 0 Å². The molecule has 1 aliphatic rings. The van der Waals surface area contributed by atoms with Crippen molar-refractivity contribution in [2.75, 3.05) is 17.5 Å². The molecule has 1 heterocycles. The Labute approximate surface area is 171 Å². The summed E-state index contributed by atoms with van der Waals surface area (Å²) in [4.78, 5) is 0. The number of hydrogen-bond acceptors (Lipinski definition) is 4. The molecule has 29 heavy (non-hydrogen) atoms. The van der Waals surface area contributed by atoms with Gasteiger partial charge in [0.2, 0.25) is 10.0 Å². The van der Waals surface area contributed by atoms with E-state index < -0.39 is 10.0 Å². The van der Waals surface area contributed by atoms with Crippen LogP contribution in [-0.2, 0) is 20.5 Å². The summed E-state index contributed by atoms with van der Waals surface area (Å²) in [5.41, 5.74) is 2.86. The van der Waals surface area contributed by atoms with E-state index in [1.165, 1.54) is 4.31 Å². The van der Waals surface area contributed by atoms with Crippen LogP contribution in [0.4, 0.5) is 11.4 Å². The third-order valence-corrected chi connectivity index (χ3v) is 6.36. The molecular weight excluding hydrogens is 386 g/mol. The van der Waals surface area contributed by atoms with Crippen LogP contribution in [0.2, 0.25) is 0 Å². The first-order valence-corrected chi connectivity index (χ1v) is 11.1. The summed E-state index contributed by atoms with van der Waals surface area (Å²) in [7, 11) is -3.68. The Bertz CT molecular complexity index is 1030. The smallest absolute Gasteiger partial charge is 0.243 e. The Morgan fingerprint density at radius 3 is 2.10 bits per heavy atom. The minimum atomic E-state index is -3.68. The Balaban J connectivity index is 1.64. The number of ether oxygens (including phenoxy) is 2. The van der Waals surface area contributed by atoms with Gasteiger partial charge in [-0.1, -0.05) is 48.5 Å². The van der Waals surface area contributed by atoms with Gasteiger partial charge in [0.25, 0.3) is 0 Å². The molecule has 1 unspecified atom stereocenters. The average Bonchev–Trinajstić information content (AvgIpc) is 3.54. The number of hydrogen-bond donors (Lipinski definition) is 0. The number of nitrogens with zero attached hydrogens (tertiary/aromatic N) is 1. The molecule has 3 aromatic carbocycles. The predicted molar refractivity (Wildman–Crippen MR) is 114 cm³/mol. The van der Waals surface area contributed by atoms with Crippen molar-refractivity contribution in [2.45, 2.75) is 18.8 Å². The summed E-state index contributed by atoms with van der Waals surface area (Å²) >= 11 is 0. The monoisotopic (exact) mass is 409 g/mol. The Kier molecular flexibility index (Phi) is 5.56. The highest BCUT2D eigenvalue weighted by Gasteiger charge is 2.26. The van der Waals surface area contributed by atoms with Crippen molar-refractivity contribution in [1.82, 2.24) is 0 Å². The molecule has 6 heteroatoms. The van der Waals surface area contributed by atoms with Crippen molar-refractivity contribution in [2.24, 2.45) is 0 Å². The van der Waals surface area contributed by atoms with Crippen LogP contribution < -0.4 is 9.04 Å². The van der Waals surface area contributed by atoms with Crippen molar-refractivity contribution < 1.29 is 17.9 Å². The first-order valence-electron chi connectivity index (χ1n) is 9.50. The number of benzene rings is 3. The van der Waals surface area contributed by atoms with Crippen LogP contribution in [0.1, 0.15) is 11.1 Å². The molecule has 1 saturated heterocycles. The summed E-state index contributed by atoms with van der Waals surface area (Å²) in [6, 6.07) is 23.8. The van der Waals surface area contributed by atoms with Gasteiger partial charge in [-0.3, -0.25) is 0 Å². The average molecular weight is 410 g/mol. The molecule has 1 atom stereocenters. The van der Waals surface area contributed by atoms with Crippen molar-refractivity contribution in [3.8, 4) is 5.75 Å². The number of rotatable bonds is 8. The minimum Gasteiger partial charge on any atom is -0.491 e. The molecule has 0 aromatic heterocycles. The Hall–Kier alpha value is -2.83. The highest BCUT2D eigenvalue weighted by atomic mass is 32.2. The molecule has 0 spiro atoms. The van der Waals surface area contributed by atoms with E-state index in [0.717, 1.165) is 12.2 Å². The second kappa shape index (κ2) is 8.27. The molecule has 3 aromatic rings. The number of sulfonamides is 1. The Morgan fingerprint density at radius 2 is 1.55 bits per heavy atom. The maximum atomic E-state index is 13.4. The van der Waals surface area contributed by atoms with E-state index in [4.69, 9.17) is 9.47 Å². The molecular formula is C23H23NO4S. The zero-order chi connectivity index (χ0) is 20.3. The standard InChI is InChI=1S/C23H23NO4S/c1-18-12-13-19(14-23(18)28-16-22-15-27-22)17-29(25,26)24(20-8-4-2-5-9-20)21-10-6-3-7-11-21/h2-14,22H,15-17H2,1H3. The van der Waals surface area contributed by atoms with E-state index in [2.05, 4.69) is 0 Å². The van der Waals surface area contributed by atoms with Crippen molar-refractivity contribution in [1.29, 1.82) is 0 Å². The molecule has 1 aliphatic heterocycles. The maximum Gasteiger partial charge on any atom is 0.243 e. The minimum absolute atomic E-state index is 0.132. The van der Waals surface area contributed by atoms with E-state index in [0.29, 0.717) is 29.3 Å². The molecule has 0 amide bonds. The second-order valence-electron chi connectivity index (χ2n) is 7.06. The lowest BCUT2D eigenvalue weighted by atomic mass is 10.1. The van der Waals surface area contributed by atoms with Gasteiger partial charge in [-0.2, -0.15) is 0 Å². The van der Waals surface area contributed by atoms with E-state index in [1.54, 1.807) is 24.3 Å². The fourth-order valence-electron chi connectivity index (χ4n) is 3.11. The lowest BCUT2D eigenvalue weighted by Gasteiger charge is -2.25. The normalized spacial score (nSPS) is 15.7. The van der Waals surface area contributed by atoms with Crippen LogP contribution >= 0.6 is 0 Å². The molecule has 0 radical (unpaired) electrons. The van der Waals surface area contributed by atoms with Crippen LogP contribution in [0.3, 0.4) is 0 Å². The number of epoxide rings is 1. The van der Waals surface area contributed by atoms with E-state index in [1.807, 2.05) is 61.5 Å². The summed E-state index contributed by atoms with van der Waals surface area (Å²) in [6.45, 7) is 3.15. The van der Waals surface area contributed by atoms with Crippen molar-refractivity contribution in [3.05, 3.63) is 90.0 Å². The third kappa shape index (κ3) is 4.78. The number of aryl methyl sites for hydroxylation is 1. The van der Waals surface area contributed by atoms with E-state index >= 15 is 0 Å².